The van der Waals surface area contributed by atoms with Gasteiger partial charge in [-0.3, -0.25) is 9.48 Å². The van der Waals surface area contributed by atoms with Crippen LogP contribution in [0.2, 0.25) is 0 Å². The molecule has 1 fully saturated rings. The Morgan fingerprint density at radius 1 is 1.47 bits per heavy atom. The average Bonchev–Trinajstić information content (AvgIpc) is 3.00. The Balaban J connectivity index is 2.30. The normalized spacial score (nSPS) is 15.8. The summed E-state index contributed by atoms with van der Waals surface area (Å²) in [7, 11) is 1.98. The van der Waals surface area contributed by atoms with E-state index in [2.05, 4.69) is 5.10 Å². The Morgan fingerprint density at radius 3 is 2.93 bits per heavy atom. The largest absolute Gasteiger partial charge is 0.298 e. The number of aldehydes is 1. The van der Waals surface area contributed by atoms with Crippen LogP contribution in [-0.2, 0) is 7.05 Å². The van der Waals surface area contributed by atoms with E-state index in [1.54, 1.807) is 0 Å². The van der Waals surface area contributed by atoms with Crippen LogP contribution in [0.1, 0.15) is 34.8 Å². The first-order chi connectivity index (χ1) is 7.29. The standard InChI is InChI=1S/C12H12N2O/c1-14-12(9-3-4-9)10-6-8(7-15)2-5-11(10)13-14/h2,5-7,9H,3-4H2,1H3. The van der Waals surface area contributed by atoms with E-state index in [4.69, 9.17) is 0 Å². The van der Waals surface area contributed by atoms with Gasteiger partial charge in [0, 0.05) is 29.6 Å². The lowest BCUT2D eigenvalue weighted by molar-refractivity contribution is 0.112. The van der Waals surface area contributed by atoms with E-state index in [-0.39, 0.29) is 0 Å². The summed E-state index contributed by atoms with van der Waals surface area (Å²) in [5.41, 5.74) is 3.01. The van der Waals surface area contributed by atoms with Crippen LogP contribution in [0.15, 0.2) is 18.2 Å². The third kappa shape index (κ3) is 1.27. The third-order valence-corrected chi connectivity index (χ3v) is 3.00. The lowest BCUT2D eigenvalue weighted by Crippen LogP contribution is -1.95. The van der Waals surface area contributed by atoms with Crippen LogP contribution in [0.5, 0.6) is 0 Å². The molecule has 76 valence electrons. The van der Waals surface area contributed by atoms with E-state index in [1.807, 2.05) is 29.9 Å². The predicted molar refractivity (Wildman–Crippen MR) is 58.1 cm³/mol. The number of hydrogen-bond donors (Lipinski definition) is 0. The van der Waals surface area contributed by atoms with E-state index in [0.29, 0.717) is 5.92 Å². The fourth-order valence-corrected chi connectivity index (χ4v) is 2.15. The number of aryl methyl sites for hydroxylation is 1. The van der Waals surface area contributed by atoms with Gasteiger partial charge in [-0.15, -0.1) is 0 Å². The molecule has 0 spiro atoms. The molecule has 0 aliphatic heterocycles. The summed E-state index contributed by atoms with van der Waals surface area (Å²) in [6.45, 7) is 0. The second kappa shape index (κ2) is 2.92. The lowest BCUT2D eigenvalue weighted by Gasteiger charge is -1.98. The molecule has 3 heteroatoms. The van der Waals surface area contributed by atoms with E-state index in [0.717, 1.165) is 22.8 Å². The van der Waals surface area contributed by atoms with Crippen molar-refractivity contribution in [3.05, 3.63) is 29.5 Å². The van der Waals surface area contributed by atoms with Crippen LogP contribution in [0.3, 0.4) is 0 Å². The molecule has 0 radical (unpaired) electrons. The minimum atomic E-state index is 0.655. The third-order valence-electron chi connectivity index (χ3n) is 3.00. The fourth-order valence-electron chi connectivity index (χ4n) is 2.15. The average molecular weight is 200 g/mol. The lowest BCUT2D eigenvalue weighted by atomic mass is 10.1. The molecule has 15 heavy (non-hydrogen) atoms. The molecule has 1 heterocycles. The smallest absolute Gasteiger partial charge is 0.150 e. The molecule has 3 rings (SSSR count). The van der Waals surface area contributed by atoms with E-state index >= 15 is 0 Å². The zero-order valence-corrected chi connectivity index (χ0v) is 8.60. The monoisotopic (exact) mass is 200 g/mol. The van der Waals surface area contributed by atoms with Gasteiger partial charge in [0.15, 0.2) is 0 Å². The van der Waals surface area contributed by atoms with E-state index in [9.17, 15) is 4.79 Å². The summed E-state index contributed by atoms with van der Waals surface area (Å²) in [4.78, 5) is 10.7. The van der Waals surface area contributed by atoms with Crippen molar-refractivity contribution in [3.8, 4) is 0 Å². The van der Waals surface area contributed by atoms with Crippen molar-refractivity contribution in [1.29, 1.82) is 0 Å². The first-order valence-electron chi connectivity index (χ1n) is 5.21. The summed E-state index contributed by atoms with van der Waals surface area (Å²) < 4.78 is 1.96. The van der Waals surface area contributed by atoms with Gasteiger partial charge < -0.3 is 0 Å². The molecule has 0 N–H and O–H groups in total. The number of nitrogens with zero attached hydrogens (tertiary/aromatic N) is 2. The van der Waals surface area contributed by atoms with Crippen LogP contribution in [0.25, 0.3) is 10.9 Å². The molecule has 1 aromatic heterocycles. The van der Waals surface area contributed by atoms with Crippen LogP contribution in [0, 0.1) is 0 Å². The van der Waals surface area contributed by atoms with Crippen molar-refractivity contribution in [2.75, 3.05) is 0 Å². The molecule has 0 amide bonds. The molecular formula is C12H12N2O. The summed E-state index contributed by atoms with van der Waals surface area (Å²) in [5, 5.41) is 5.59. The highest BCUT2D eigenvalue weighted by Crippen LogP contribution is 2.42. The molecule has 2 aromatic rings. The highest BCUT2D eigenvalue weighted by atomic mass is 16.1. The maximum absolute atomic E-state index is 10.7. The van der Waals surface area contributed by atoms with Crippen molar-refractivity contribution < 1.29 is 4.79 Å². The molecule has 1 aliphatic carbocycles. The molecule has 0 atom stereocenters. The highest BCUT2D eigenvalue weighted by molar-refractivity contribution is 5.89. The Bertz CT molecular complexity index is 538. The fraction of sp³-hybridized carbons (Fsp3) is 0.333. The van der Waals surface area contributed by atoms with Gasteiger partial charge >= 0.3 is 0 Å². The molecule has 1 saturated carbocycles. The Morgan fingerprint density at radius 2 is 2.27 bits per heavy atom. The van der Waals surface area contributed by atoms with Crippen molar-refractivity contribution in [1.82, 2.24) is 9.78 Å². The number of aromatic nitrogens is 2. The molecule has 1 aromatic carbocycles. The maximum Gasteiger partial charge on any atom is 0.150 e. The summed E-state index contributed by atoms with van der Waals surface area (Å²) in [5.74, 6) is 0.655. The van der Waals surface area contributed by atoms with Gasteiger partial charge in [-0.1, -0.05) is 0 Å². The van der Waals surface area contributed by atoms with E-state index < -0.39 is 0 Å². The second-order valence-electron chi connectivity index (χ2n) is 4.18. The molecule has 1 aliphatic rings. The summed E-state index contributed by atoms with van der Waals surface area (Å²) >= 11 is 0. The maximum atomic E-state index is 10.7. The summed E-state index contributed by atoms with van der Waals surface area (Å²) in [6, 6.07) is 5.69. The van der Waals surface area contributed by atoms with Gasteiger partial charge in [0.05, 0.1) is 5.52 Å². The first kappa shape index (κ1) is 8.65. The minimum absolute atomic E-state index is 0.655. The van der Waals surface area contributed by atoms with Gasteiger partial charge in [-0.2, -0.15) is 5.10 Å². The Hall–Kier alpha value is -1.64. The predicted octanol–water partition coefficient (Wildman–Crippen LogP) is 2.26. The van der Waals surface area contributed by atoms with Gasteiger partial charge in [-0.25, -0.2) is 0 Å². The topological polar surface area (TPSA) is 34.9 Å². The van der Waals surface area contributed by atoms with Crippen molar-refractivity contribution in [2.45, 2.75) is 18.8 Å². The van der Waals surface area contributed by atoms with Gasteiger partial charge in [0.2, 0.25) is 0 Å². The van der Waals surface area contributed by atoms with Crippen molar-refractivity contribution in [3.63, 3.8) is 0 Å². The number of rotatable bonds is 2. The number of benzene rings is 1. The SMILES string of the molecule is Cn1nc2ccc(C=O)cc2c1C1CC1. The van der Waals surface area contributed by atoms with Gasteiger partial charge in [0.25, 0.3) is 0 Å². The number of hydrogen-bond acceptors (Lipinski definition) is 2. The minimum Gasteiger partial charge on any atom is -0.298 e. The quantitative estimate of drug-likeness (QED) is 0.697. The molecular weight excluding hydrogens is 188 g/mol. The zero-order valence-electron chi connectivity index (χ0n) is 8.60. The zero-order chi connectivity index (χ0) is 10.4. The number of carbonyl (C=O) groups excluding carboxylic acids is 1. The Kier molecular flexibility index (Phi) is 1.69. The first-order valence-corrected chi connectivity index (χ1v) is 5.21. The molecule has 0 bridgehead atoms. The van der Waals surface area contributed by atoms with Crippen LogP contribution in [0.4, 0.5) is 0 Å². The van der Waals surface area contributed by atoms with Crippen LogP contribution < -0.4 is 0 Å². The van der Waals surface area contributed by atoms with Crippen LogP contribution >= 0.6 is 0 Å². The molecule has 0 unspecified atom stereocenters. The molecule has 0 saturated heterocycles. The number of fused-ring (bicyclic) bond motifs is 1. The van der Waals surface area contributed by atoms with Gasteiger partial charge in [0.1, 0.15) is 6.29 Å². The van der Waals surface area contributed by atoms with Gasteiger partial charge in [-0.05, 0) is 31.0 Å². The van der Waals surface area contributed by atoms with Crippen molar-refractivity contribution >= 4 is 17.2 Å². The van der Waals surface area contributed by atoms with Crippen LogP contribution in [-0.4, -0.2) is 16.1 Å². The highest BCUT2D eigenvalue weighted by Gasteiger charge is 2.28. The second-order valence-corrected chi connectivity index (χ2v) is 4.18. The summed E-state index contributed by atoms with van der Waals surface area (Å²) in [6.07, 6.45) is 3.39. The molecule has 3 nitrogen and oxygen atoms in total. The van der Waals surface area contributed by atoms with E-state index in [1.165, 1.54) is 18.5 Å². The van der Waals surface area contributed by atoms with Crippen molar-refractivity contribution in [2.24, 2.45) is 7.05 Å². The number of carbonyl (C=O) groups is 1. The Labute approximate surface area is 87.7 Å².